The number of nitrogens with zero attached hydrogens (tertiary/aromatic N) is 2. The molecule has 2 fully saturated rings. The van der Waals surface area contributed by atoms with Gasteiger partial charge < -0.3 is 14.4 Å². The molecule has 160 valence electrons. The standard InChI is InChI=1S/C23H26ClFN2O3/c24-18-3-1-17(2-4-18)13-26-11-9-20(10-12-26)27-14-22(30-16-23(27)28)15-29-21-7-5-19(25)6-8-21/h1-8,20,22H,9-16H2. The van der Waals surface area contributed by atoms with Crippen LogP contribution in [0.3, 0.4) is 0 Å². The minimum atomic E-state index is -0.296. The second-order valence-corrected chi connectivity index (χ2v) is 8.31. The predicted molar refractivity (Wildman–Crippen MR) is 113 cm³/mol. The largest absolute Gasteiger partial charge is 0.491 e. The van der Waals surface area contributed by atoms with E-state index in [9.17, 15) is 9.18 Å². The second-order valence-electron chi connectivity index (χ2n) is 7.88. The zero-order valence-electron chi connectivity index (χ0n) is 16.8. The molecule has 2 saturated heterocycles. The van der Waals surface area contributed by atoms with Gasteiger partial charge >= 0.3 is 0 Å². The molecule has 0 saturated carbocycles. The molecule has 1 atom stereocenters. The Morgan fingerprint density at radius 3 is 2.47 bits per heavy atom. The summed E-state index contributed by atoms with van der Waals surface area (Å²) in [4.78, 5) is 16.8. The maximum absolute atomic E-state index is 13.0. The van der Waals surface area contributed by atoms with Gasteiger partial charge in [-0.05, 0) is 54.8 Å². The summed E-state index contributed by atoms with van der Waals surface area (Å²) < 4.78 is 24.4. The lowest BCUT2D eigenvalue weighted by molar-refractivity contribution is -0.155. The number of hydrogen-bond donors (Lipinski definition) is 0. The van der Waals surface area contributed by atoms with Crippen molar-refractivity contribution in [1.29, 1.82) is 0 Å². The Morgan fingerprint density at radius 2 is 1.77 bits per heavy atom. The molecule has 2 aromatic carbocycles. The Hall–Kier alpha value is -2.15. The molecule has 7 heteroatoms. The average Bonchev–Trinajstić information content (AvgIpc) is 2.76. The van der Waals surface area contributed by atoms with Gasteiger partial charge in [0, 0.05) is 30.7 Å². The van der Waals surface area contributed by atoms with E-state index in [0.717, 1.165) is 37.5 Å². The van der Waals surface area contributed by atoms with Crippen molar-refractivity contribution in [3.63, 3.8) is 0 Å². The molecular weight excluding hydrogens is 407 g/mol. The maximum atomic E-state index is 13.0. The molecule has 0 bridgehead atoms. The van der Waals surface area contributed by atoms with Crippen molar-refractivity contribution in [3.05, 3.63) is 64.9 Å². The second kappa shape index (κ2) is 9.77. The van der Waals surface area contributed by atoms with Gasteiger partial charge in [0.1, 0.15) is 30.9 Å². The topological polar surface area (TPSA) is 42.0 Å². The Morgan fingerprint density at radius 1 is 1.07 bits per heavy atom. The third kappa shape index (κ3) is 5.50. The van der Waals surface area contributed by atoms with Crippen LogP contribution in [0.5, 0.6) is 5.75 Å². The van der Waals surface area contributed by atoms with Crippen LogP contribution in [0.1, 0.15) is 18.4 Å². The van der Waals surface area contributed by atoms with Gasteiger partial charge in [0.15, 0.2) is 0 Å². The molecular formula is C23H26ClFN2O3. The third-order valence-electron chi connectivity index (χ3n) is 5.73. The summed E-state index contributed by atoms with van der Waals surface area (Å²) in [7, 11) is 0. The molecule has 1 unspecified atom stereocenters. The Kier molecular flexibility index (Phi) is 6.87. The Bertz CT molecular complexity index is 839. The Labute approximate surface area is 181 Å². The van der Waals surface area contributed by atoms with Crippen LogP contribution < -0.4 is 4.74 Å². The molecule has 30 heavy (non-hydrogen) atoms. The molecule has 0 radical (unpaired) electrons. The van der Waals surface area contributed by atoms with Crippen molar-refractivity contribution in [2.45, 2.75) is 31.5 Å². The van der Waals surface area contributed by atoms with Crippen LogP contribution >= 0.6 is 11.6 Å². The lowest BCUT2D eigenvalue weighted by atomic mass is 10.0. The number of benzene rings is 2. The molecule has 0 aliphatic carbocycles. The predicted octanol–water partition coefficient (Wildman–Crippen LogP) is 3.75. The van der Waals surface area contributed by atoms with E-state index in [-0.39, 0.29) is 30.5 Å². The van der Waals surface area contributed by atoms with Crippen LogP contribution in [0.2, 0.25) is 5.02 Å². The summed E-state index contributed by atoms with van der Waals surface area (Å²) in [6.45, 7) is 3.76. The Balaban J connectivity index is 1.26. The smallest absolute Gasteiger partial charge is 0.248 e. The summed E-state index contributed by atoms with van der Waals surface area (Å²) in [5.41, 5.74) is 1.25. The number of piperidine rings is 1. The molecule has 0 spiro atoms. The number of hydrogen-bond acceptors (Lipinski definition) is 4. The van der Waals surface area contributed by atoms with Gasteiger partial charge in [-0.1, -0.05) is 23.7 Å². The fraction of sp³-hybridized carbons (Fsp3) is 0.435. The monoisotopic (exact) mass is 432 g/mol. The van der Waals surface area contributed by atoms with E-state index in [4.69, 9.17) is 21.1 Å². The van der Waals surface area contributed by atoms with E-state index in [1.807, 2.05) is 17.0 Å². The number of rotatable bonds is 6. The van der Waals surface area contributed by atoms with Crippen molar-refractivity contribution in [1.82, 2.24) is 9.80 Å². The van der Waals surface area contributed by atoms with Crippen LogP contribution in [-0.4, -0.2) is 60.7 Å². The van der Waals surface area contributed by atoms with Crippen molar-refractivity contribution in [2.24, 2.45) is 0 Å². The number of morpholine rings is 1. The van der Waals surface area contributed by atoms with Crippen LogP contribution in [-0.2, 0) is 16.1 Å². The first-order valence-corrected chi connectivity index (χ1v) is 10.7. The maximum Gasteiger partial charge on any atom is 0.248 e. The zero-order valence-corrected chi connectivity index (χ0v) is 17.6. The van der Waals surface area contributed by atoms with Gasteiger partial charge in [-0.3, -0.25) is 9.69 Å². The first-order chi connectivity index (χ1) is 14.6. The molecule has 5 nitrogen and oxygen atoms in total. The lowest BCUT2D eigenvalue weighted by Gasteiger charge is -2.42. The first kappa shape index (κ1) is 21.1. The molecule has 2 heterocycles. The van der Waals surface area contributed by atoms with Gasteiger partial charge in [0.25, 0.3) is 0 Å². The quantitative estimate of drug-likeness (QED) is 0.697. The molecule has 0 aromatic heterocycles. The van der Waals surface area contributed by atoms with Crippen molar-refractivity contribution < 1.29 is 18.7 Å². The van der Waals surface area contributed by atoms with Crippen LogP contribution in [0, 0.1) is 5.82 Å². The summed E-state index contributed by atoms with van der Waals surface area (Å²) in [6, 6.07) is 14.1. The van der Waals surface area contributed by atoms with E-state index >= 15 is 0 Å². The first-order valence-electron chi connectivity index (χ1n) is 10.3. The van der Waals surface area contributed by atoms with Crippen molar-refractivity contribution in [2.75, 3.05) is 32.8 Å². The average molecular weight is 433 g/mol. The zero-order chi connectivity index (χ0) is 20.9. The summed E-state index contributed by atoms with van der Waals surface area (Å²) in [5.74, 6) is 0.346. The van der Waals surface area contributed by atoms with E-state index in [1.165, 1.54) is 17.7 Å². The van der Waals surface area contributed by atoms with E-state index in [1.54, 1.807) is 12.1 Å². The molecule has 4 rings (SSSR count). The van der Waals surface area contributed by atoms with Crippen LogP contribution in [0.15, 0.2) is 48.5 Å². The van der Waals surface area contributed by atoms with Gasteiger partial charge in [0.05, 0.1) is 6.54 Å². The minimum Gasteiger partial charge on any atom is -0.491 e. The van der Waals surface area contributed by atoms with Gasteiger partial charge in [-0.25, -0.2) is 4.39 Å². The molecule has 0 N–H and O–H groups in total. The molecule has 2 aromatic rings. The number of halogens is 2. The minimum absolute atomic E-state index is 0.0455. The van der Waals surface area contributed by atoms with Crippen molar-refractivity contribution in [3.8, 4) is 5.75 Å². The highest BCUT2D eigenvalue weighted by Gasteiger charge is 2.33. The fourth-order valence-electron chi connectivity index (χ4n) is 4.06. The SMILES string of the molecule is O=C1COC(COc2ccc(F)cc2)CN1C1CCN(Cc2ccc(Cl)cc2)CC1. The summed E-state index contributed by atoms with van der Waals surface area (Å²) in [6.07, 6.45) is 1.72. The highest BCUT2D eigenvalue weighted by atomic mass is 35.5. The highest BCUT2D eigenvalue weighted by Crippen LogP contribution is 2.22. The van der Waals surface area contributed by atoms with Crippen molar-refractivity contribution >= 4 is 17.5 Å². The highest BCUT2D eigenvalue weighted by molar-refractivity contribution is 6.30. The van der Waals surface area contributed by atoms with Gasteiger partial charge in [0.2, 0.25) is 5.91 Å². The van der Waals surface area contributed by atoms with Crippen LogP contribution in [0.4, 0.5) is 4.39 Å². The number of carbonyl (C=O) groups excluding carboxylic acids is 1. The van der Waals surface area contributed by atoms with Gasteiger partial charge in [-0.2, -0.15) is 0 Å². The summed E-state index contributed by atoms with van der Waals surface area (Å²) >= 11 is 5.96. The normalized spacial score (nSPS) is 21.1. The number of likely N-dealkylation sites (tertiary alicyclic amines) is 1. The number of carbonyl (C=O) groups is 1. The molecule has 1 amide bonds. The summed E-state index contributed by atoms with van der Waals surface area (Å²) in [5, 5.41) is 0.751. The van der Waals surface area contributed by atoms with Gasteiger partial charge in [-0.15, -0.1) is 0 Å². The molecule has 2 aliphatic rings. The number of ether oxygens (including phenoxy) is 2. The fourth-order valence-corrected chi connectivity index (χ4v) is 4.18. The van der Waals surface area contributed by atoms with Crippen LogP contribution in [0.25, 0.3) is 0 Å². The van der Waals surface area contributed by atoms with E-state index in [0.29, 0.717) is 18.9 Å². The third-order valence-corrected chi connectivity index (χ3v) is 5.98. The lowest BCUT2D eigenvalue weighted by Crippen LogP contribution is -2.55. The van der Waals surface area contributed by atoms with E-state index in [2.05, 4.69) is 17.0 Å². The number of amides is 1. The molecule has 2 aliphatic heterocycles. The van der Waals surface area contributed by atoms with E-state index < -0.39 is 0 Å².